The maximum Gasteiger partial charge on any atom is 0.110 e. The highest BCUT2D eigenvalue weighted by atomic mass is 19.1. The lowest BCUT2D eigenvalue weighted by molar-refractivity contribution is 0.166. The third kappa shape index (κ3) is 3.16. The summed E-state index contributed by atoms with van der Waals surface area (Å²) in [6.07, 6.45) is 1.34. The van der Waals surface area contributed by atoms with E-state index in [1.165, 1.54) is 0 Å². The molecule has 1 heterocycles. The van der Waals surface area contributed by atoms with E-state index in [9.17, 15) is 4.39 Å². The van der Waals surface area contributed by atoms with Gasteiger partial charge in [-0.1, -0.05) is 0 Å². The number of alkyl halides is 1. The molecule has 1 aliphatic rings. The summed E-state index contributed by atoms with van der Waals surface area (Å²) in [5, 5.41) is 0. The molecule has 1 saturated heterocycles. The lowest BCUT2D eigenvalue weighted by Gasteiger charge is -2.30. The minimum Gasteiger partial charge on any atom is -0.328 e. The molecule has 2 N–H and O–H groups in total. The van der Waals surface area contributed by atoms with Gasteiger partial charge < -0.3 is 10.6 Å². The van der Waals surface area contributed by atoms with Crippen molar-refractivity contribution in [2.45, 2.75) is 32.0 Å². The molecule has 66 valence electrons. The Bertz CT molecular complexity index is 109. The van der Waals surface area contributed by atoms with Crippen molar-refractivity contribution in [2.75, 3.05) is 19.6 Å². The average Bonchev–Trinajstić information content (AvgIpc) is 1.93. The first-order chi connectivity index (χ1) is 5.18. The summed E-state index contributed by atoms with van der Waals surface area (Å²) in [6, 6.07) is 0.348. The van der Waals surface area contributed by atoms with Crippen LogP contribution in [0.2, 0.25) is 0 Å². The number of halogens is 1. The lowest BCUT2D eigenvalue weighted by atomic mass is 10.1. The van der Waals surface area contributed by atoms with Gasteiger partial charge in [-0.05, 0) is 32.9 Å². The van der Waals surface area contributed by atoms with Gasteiger partial charge in [-0.25, -0.2) is 4.39 Å². The zero-order valence-corrected chi connectivity index (χ0v) is 7.09. The number of hydrogen-bond donors (Lipinski definition) is 1. The summed E-state index contributed by atoms with van der Waals surface area (Å²) >= 11 is 0. The van der Waals surface area contributed by atoms with Gasteiger partial charge in [-0.2, -0.15) is 0 Å². The van der Waals surface area contributed by atoms with Crippen LogP contribution >= 0.6 is 0 Å². The van der Waals surface area contributed by atoms with E-state index in [2.05, 4.69) is 4.90 Å². The van der Waals surface area contributed by atoms with E-state index in [1.807, 2.05) is 0 Å². The molecule has 3 heteroatoms. The minimum atomic E-state index is -0.704. The van der Waals surface area contributed by atoms with Gasteiger partial charge in [0.1, 0.15) is 6.17 Å². The fourth-order valence-electron chi connectivity index (χ4n) is 1.49. The Morgan fingerprint density at radius 1 is 1.55 bits per heavy atom. The van der Waals surface area contributed by atoms with Crippen molar-refractivity contribution in [1.29, 1.82) is 0 Å². The zero-order chi connectivity index (χ0) is 8.27. The van der Waals surface area contributed by atoms with E-state index in [1.54, 1.807) is 6.92 Å². The Labute approximate surface area is 67.6 Å². The lowest BCUT2D eigenvalue weighted by Crippen LogP contribution is -2.41. The van der Waals surface area contributed by atoms with Gasteiger partial charge in [0.05, 0.1) is 0 Å². The summed E-state index contributed by atoms with van der Waals surface area (Å²) in [4.78, 5) is 2.15. The highest BCUT2D eigenvalue weighted by Crippen LogP contribution is 2.08. The summed E-state index contributed by atoms with van der Waals surface area (Å²) < 4.78 is 12.5. The van der Waals surface area contributed by atoms with Gasteiger partial charge in [0.25, 0.3) is 0 Å². The van der Waals surface area contributed by atoms with Gasteiger partial charge in [-0.15, -0.1) is 0 Å². The molecule has 11 heavy (non-hydrogen) atoms. The fourth-order valence-corrected chi connectivity index (χ4v) is 1.49. The largest absolute Gasteiger partial charge is 0.328 e. The SMILES string of the molecule is CC(F)CN1CCC(N)CC1. The predicted octanol–water partition coefficient (Wildman–Crippen LogP) is 0.767. The Morgan fingerprint density at radius 3 is 2.55 bits per heavy atom. The molecule has 0 bridgehead atoms. The van der Waals surface area contributed by atoms with E-state index in [4.69, 9.17) is 5.73 Å². The minimum absolute atomic E-state index is 0.348. The summed E-state index contributed by atoms with van der Waals surface area (Å²) in [6.45, 7) is 4.12. The second kappa shape index (κ2) is 4.02. The standard InChI is InChI=1S/C8H17FN2/c1-7(9)6-11-4-2-8(10)3-5-11/h7-8H,2-6,10H2,1H3. The topological polar surface area (TPSA) is 29.3 Å². The molecule has 0 amide bonds. The molecule has 1 unspecified atom stereocenters. The van der Waals surface area contributed by atoms with Crippen molar-refractivity contribution in [3.05, 3.63) is 0 Å². The molecule has 0 aromatic heterocycles. The van der Waals surface area contributed by atoms with Crippen molar-refractivity contribution in [1.82, 2.24) is 4.90 Å². The number of likely N-dealkylation sites (tertiary alicyclic amines) is 1. The molecule has 0 saturated carbocycles. The van der Waals surface area contributed by atoms with Crippen LogP contribution in [0, 0.1) is 0 Å². The van der Waals surface area contributed by atoms with Gasteiger partial charge in [0, 0.05) is 12.6 Å². The Balaban J connectivity index is 2.17. The zero-order valence-electron chi connectivity index (χ0n) is 7.09. The maximum atomic E-state index is 12.5. The molecule has 0 aromatic carbocycles. The third-order valence-corrected chi connectivity index (χ3v) is 2.14. The third-order valence-electron chi connectivity index (χ3n) is 2.14. The second-order valence-electron chi connectivity index (χ2n) is 3.42. The summed E-state index contributed by atoms with van der Waals surface area (Å²) in [5.41, 5.74) is 5.71. The number of nitrogens with two attached hydrogens (primary N) is 1. The summed E-state index contributed by atoms with van der Waals surface area (Å²) in [7, 11) is 0. The van der Waals surface area contributed by atoms with E-state index >= 15 is 0 Å². The fraction of sp³-hybridized carbons (Fsp3) is 1.00. The predicted molar refractivity (Wildman–Crippen MR) is 44.2 cm³/mol. The molecule has 2 nitrogen and oxygen atoms in total. The molecular formula is C8H17FN2. The first-order valence-corrected chi connectivity index (χ1v) is 4.30. The van der Waals surface area contributed by atoms with Gasteiger partial charge in [-0.3, -0.25) is 0 Å². The molecule has 1 fully saturated rings. The molecular weight excluding hydrogens is 143 g/mol. The van der Waals surface area contributed by atoms with E-state index in [0.717, 1.165) is 25.9 Å². The smallest absolute Gasteiger partial charge is 0.110 e. The average molecular weight is 160 g/mol. The van der Waals surface area contributed by atoms with E-state index in [0.29, 0.717) is 12.6 Å². The second-order valence-corrected chi connectivity index (χ2v) is 3.42. The van der Waals surface area contributed by atoms with E-state index in [-0.39, 0.29) is 0 Å². The van der Waals surface area contributed by atoms with Crippen LogP contribution in [-0.4, -0.2) is 36.7 Å². The Kier molecular flexibility index (Phi) is 3.27. The molecule has 0 spiro atoms. The molecule has 0 aliphatic carbocycles. The summed E-state index contributed by atoms with van der Waals surface area (Å²) in [5.74, 6) is 0. The van der Waals surface area contributed by atoms with Crippen LogP contribution < -0.4 is 5.73 Å². The van der Waals surface area contributed by atoms with Gasteiger partial charge in [0.2, 0.25) is 0 Å². The quantitative estimate of drug-likeness (QED) is 0.646. The highest BCUT2D eigenvalue weighted by Gasteiger charge is 2.16. The van der Waals surface area contributed by atoms with Crippen LogP contribution in [0.5, 0.6) is 0 Å². The molecule has 1 aliphatic heterocycles. The van der Waals surface area contributed by atoms with Crippen LogP contribution in [0.4, 0.5) is 4.39 Å². The van der Waals surface area contributed by atoms with Crippen molar-refractivity contribution < 1.29 is 4.39 Å². The molecule has 1 rings (SSSR count). The molecule has 0 radical (unpaired) electrons. The number of rotatable bonds is 2. The van der Waals surface area contributed by atoms with Crippen molar-refractivity contribution in [3.8, 4) is 0 Å². The first kappa shape index (κ1) is 8.94. The van der Waals surface area contributed by atoms with Crippen LogP contribution in [0.15, 0.2) is 0 Å². The van der Waals surface area contributed by atoms with E-state index < -0.39 is 6.17 Å². The van der Waals surface area contributed by atoms with Gasteiger partial charge >= 0.3 is 0 Å². The maximum absolute atomic E-state index is 12.5. The van der Waals surface area contributed by atoms with Crippen LogP contribution in [0.1, 0.15) is 19.8 Å². The van der Waals surface area contributed by atoms with Crippen molar-refractivity contribution >= 4 is 0 Å². The number of nitrogens with zero attached hydrogens (tertiary/aromatic N) is 1. The van der Waals surface area contributed by atoms with Crippen molar-refractivity contribution in [3.63, 3.8) is 0 Å². The normalized spacial score (nSPS) is 25.4. The number of hydrogen-bond acceptors (Lipinski definition) is 2. The highest BCUT2D eigenvalue weighted by molar-refractivity contribution is 4.74. The molecule has 0 aromatic rings. The first-order valence-electron chi connectivity index (χ1n) is 4.30. The van der Waals surface area contributed by atoms with Crippen molar-refractivity contribution in [2.24, 2.45) is 5.73 Å². The molecule has 1 atom stereocenters. The van der Waals surface area contributed by atoms with Crippen LogP contribution in [0.25, 0.3) is 0 Å². The van der Waals surface area contributed by atoms with Gasteiger partial charge in [0.15, 0.2) is 0 Å². The van der Waals surface area contributed by atoms with Crippen LogP contribution in [0.3, 0.4) is 0 Å². The Hall–Kier alpha value is -0.150. The number of piperidine rings is 1. The monoisotopic (exact) mass is 160 g/mol. The van der Waals surface area contributed by atoms with Crippen LogP contribution in [-0.2, 0) is 0 Å². The Morgan fingerprint density at radius 2 is 2.09 bits per heavy atom.